The Bertz CT molecular complexity index is 2480. The van der Waals surface area contributed by atoms with Crippen molar-refractivity contribution in [3.8, 4) is 0 Å². The maximum atomic E-state index is 14.1. The summed E-state index contributed by atoms with van der Waals surface area (Å²) in [7, 11) is 0. The van der Waals surface area contributed by atoms with Gasteiger partial charge in [-0.3, -0.25) is 53.1 Å². The number of nitrogens with two attached hydrogens (primary N) is 6. The molecule has 7 atom stereocenters. The van der Waals surface area contributed by atoms with Crippen molar-refractivity contribution < 1.29 is 43.2 Å². The lowest BCUT2D eigenvalue weighted by Crippen LogP contribution is -2.60. The summed E-state index contributed by atoms with van der Waals surface area (Å²) in [5.74, 6) is -6.62. The summed E-state index contributed by atoms with van der Waals surface area (Å²) in [5.41, 5.74) is 34.6. The topological polar surface area (TPSA) is 446 Å². The van der Waals surface area contributed by atoms with E-state index in [9.17, 15) is 43.2 Å². The Morgan fingerprint density at radius 2 is 1.33 bits per heavy atom. The molecule has 1 aromatic heterocycles. The summed E-state index contributed by atoms with van der Waals surface area (Å²) in [6.45, 7) is 5.35. The number of unbranched alkanes of at least 4 members (excludes halogenated alkanes) is 1. The van der Waals surface area contributed by atoms with Gasteiger partial charge < -0.3 is 81.9 Å². The van der Waals surface area contributed by atoms with Gasteiger partial charge in [-0.05, 0) is 75.6 Å². The number of guanidine groups is 2. The Hall–Kier alpha value is -8.29. The van der Waals surface area contributed by atoms with Crippen LogP contribution in [0, 0.1) is 0 Å². The average molecular weight is 1060 g/mol. The lowest BCUT2D eigenvalue weighted by Gasteiger charge is -2.27. The third kappa shape index (κ3) is 22.4. The molecule has 0 aliphatic carbocycles. The highest BCUT2D eigenvalue weighted by atomic mass is 16.2. The SMILES string of the molecule is CC(=O)N[C@@H](CCCN=C(N)N)C(=O)NC1CCNC(=O)CCCC(C(N)=O)NC(=O)[C@H](Cc2c[nH]c3ccccc23)NC(=O)C(C)NC(=O)C(Cc2ccccc2)NC(=O)[C@H](CCN)NC1=O.CCCCN=C(N)N. The number of rotatable bonds is 17. The zero-order valence-electron chi connectivity index (χ0n) is 43.5. The van der Waals surface area contributed by atoms with Gasteiger partial charge in [0.1, 0.15) is 42.3 Å². The van der Waals surface area contributed by atoms with Gasteiger partial charge in [0.05, 0.1) is 0 Å². The monoisotopic (exact) mass is 1060 g/mol. The predicted molar refractivity (Wildman–Crippen MR) is 287 cm³/mol. The Morgan fingerprint density at radius 3 is 1.97 bits per heavy atom. The molecule has 1 aliphatic rings. The van der Waals surface area contributed by atoms with Crippen LogP contribution in [0.25, 0.3) is 10.9 Å². The smallest absolute Gasteiger partial charge is 0.243 e. The normalized spacial score (nSPS) is 20.7. The van der Waals surface area contributed by atoms with E-state index in [1.54, 1.807) is 36.5 Å². The molecule has 1 aliphatic heterocycles. The minimum absolute atomic E-state index is 0.0359. The molecule has 0 saturated carbocycles. The minimum Gasteiger partial charge on any atom is -0.370 e. The second-order valence-electron chi connectivity index (χ2n) is 18.2. The van der Waals surface area contributed by atoms with Crippen LogP contribution >= 0.6 is 0 Å². The highest BCUT2D eigenvalue weighted by molar-refractivity contribution is 5.98. The van der Waals surface area contributed by atoms with Crippen LogP contribution in [0.1, 0.15) is 89.7 Å². The van der Waals surface area contributed by atoms with Crippen molar-refractivity contribution in [1.29, 1.82) is 0 Å². The van der Waals surface area contributed by atoms with Crippen molar-refractivity contribution in [2.45, 2.75) is 134 Å². The first-order valence-electron chi connectivity index (χ1n) is 25.3. The van der Waals surface area contributed by atoms with Gasteiger partial charge in [-0.1, -0.05) is 61.9 Å². The molecule has 4 rings (SSSR count). The number of H-pyrrole nitrogens is 1. The maximum absolute atomic E-state index is 14.1. The highest BCUT2D eigenvalue weighted by Crippen LogP contribution is 2.20. The van der Waals surface area contributed by atoms with Gasteiger partial charge in [0.15, 0.2) is 11.9 Å². The summed E-state index contributed by atoms with van der Waals surface area (Å²) < 4.78 is 0. The summed E-state index contributed by atoms with van der Waals surface area (Å²) in [5, 5.41) is 21.9. The number of aromatic amines is 1. The number of para-hydroxylation sites is 1. The van der Waals surface area contributed by atoms with Gasteiger partial charge in [0.25, 0.3) is 0 Å². The quantitative estimate of drug-likeness (QED) is 0.0365. The summed E-state index contributed by atoms with van der Waals surface area (Å²) in [4.78, 5) is 132. The molecule has 0 bridgehead atoms. The fraction of sp³-hybridized carbons (Fsp3) is 0.500. The van der Waals surface area contributed by atoms with Crippen LogP contribution in [0.4, 0.5) is 0 Å². The van der Waals surface area contributed by atoms with Crippen LogP contribution in [-0.4, -0.2) is 139 Å². The van der Waals surface area contributed by atoms with Gasteiger partial charge >= 0.3 is 0 Å². The number of hydrogen-bond acceptors (Lipinski definition) is 12. The number of nitrogens with zero attached hydrogens (tertiary/aromatic N) is 2. The Balaban J connectivity index is 0.00000175. The third-order valence-electron chi connectivity index (χ3n) is 11.9. The fourth-order valence-electron chi connectivity index (χ4n) is 7.84. The Morgan fingerprint density at radius 1 is 0.724 bits per heavy atom. The zero-order valence-corrected chi connectivity index (χ0v) is 43.5. The van der Waals surface area contributed by atoms with Crippen molar-refractivity contribution in [2.75, 3.05) is 26.2 Å². The largest absolute Gasteiger partial charge is 0.370 e. The lowest BCUT2D eigenvalue weighted by atomic mass is 10.0. The van der Waals surface area contributed by atoms with Crippen molar-refractivity contribution in [3.05, 3.63) is 71.9 Å². The van der Waals surface area contributed by atoms with Gasteiger partial charge in [0.2, 0.25) is 53.2 Å². The van der Waals surface area contributed by atoms with Crippen LogP contribution in [0.5, 0.6) is 0 Å². The lowest BCUT2D eigenvalue weighted by molar-refractivity contribution is -0.135. The second-order valence-corrected chi connectivity index (χ2v) is 18.2. The molecule has 1 saturated heterocycles. The number of aliphatic imine (C=N–C) groups is 2. The molecule has 416 valence electrons. The Labute approximate surface area is 441 Å². The van der Waals surface area contributed by atoms with Crippen LogP contribution in [0.2, 0.25) is 0 Å². The number of carbonyl (C=O) groups excluding carboxylic acids is 9. The van der Waals surface area contributed by atoms with Crippen molar-refractivity contribution in [3.63, 3.8) is 0 Å². The van der Waals surface area contributed by atoms with Gasteiger partial charge in [-0.15, -0.1) is 0 Å². The van der Waals surface area contributed by atoms with Crippen molar-refractivity contribution in [1.82, 2.24) is 47.5 Å². The van der Waals surface area contributed by atoms with Gasteiger partial charge in [0, 0.05) is 62.9 Å². The van der Waals surface area contributed by atoms with E-state index in [2.05, 4.69) is 64.4 Å². The molecule has 4 unspecified atom stereocenters. The minimum atomic E-state index is -1.39. The number of benzene rings is 2. The van der Waals surface area contributed by atoms with E-state index in [0.29, 0.717) is 11.1 Å². The summed E-state index contributed by atoms with van der Waals surface area (Å²) in [6.07, 6.45) is 3.72. The molecule has 21 N–H and O–H groups in total. The first-order valence-corrected chi connectivity index (χ1v) is 25.3. The maximum Gasteiger partial charge on any atom is 0.243 e. The highest BCUT2D eigenvalue weighted by Gasteiger charge is 2.34. The van der Waals surface area contributed by atoms with E-state index >= 15 is 0 Å². The van der Waals surface area contributed by atoms with Crippen LogP contribution in [0.15, 0.2) is 70.8 Å². The number of carbonyl (C=O) groups is 9. The average Bonchev–Trinajstić information content (AvgIpc) is 3.78. The molecule has 2 aromatic carbocycles. The first-order chi connectivity index (χ1) is 36.2. The molecule has 3 aromatic rings. The van der Waals surface area contributed by atoms with E-state index in [1.807, 2.05) is 24.3 Å². The van der Waals surface area contributed by atoms with E-state index in [1.165, 1.54) is 13.8 Å². The molecule has 76 heavy (non-hydrogen) atoms. The van der Waals surface area contributed by atoms with Gasteiger partial charge in [-0.2, -0.15) is 0 Å². The molecule has 26 nitrogen and oxygen atoms in total. The molecule has 26 heteroatoms. The number of hydrogen-bond donors (Lipinski definition) is 15. The van der Waals surface area contributed by atoms with E-state index < -0.39 is 95.5 Å². The van der Waals surface area contributed by atoms with Crippen LogP contribution < -0.4 is 76.9 Å². The van der Waals surface area contributed by atoms with Crippen LogP contribution in [0.3, 0.4) is 0 Å². The number of fused-ring (bicyclic) bond motifs is 1. The van der Waals surface area contributed by atoms with Crippen LogP contribution in [-0.2, 0) is 56.0 Å². The second kappa shape index (κ2) is 32.8. The molecular weight excluding hydrogens is 983 g/mol. The molecule has 2 heterocycles. The molecule has 0 spiro atoms. The number of aromatic nitrogens is 1. The predicted octanol–water partition coefficient (Wildman–Crippen LogP) is -2.98. The van der Waals surface area contributed by atoms with E-state index in [4.69, 9.17) is 34.4 Å². The first kappa shape index (κ1) is 62.0. The number of nitrogens with one attached hydrogen (secondary N) is 9. The molecular formula is C50H77N17O9. The van der Waals surface area contributed by atoms with Crippen molar-refractivity contribution >= 4 is 76.0 Å². The number of amides is 9. The van der Waals surface area contributed by atoms with E-state index in [0.717, 1.165) is 30.3 Å². The standard InChI is InChI=1S/C45H64N14O9.C5H13N3/c1-25-39(63)58-36(23-28-24-52-30-13-7-6-12-29(28)30)44(68)55-31(38(47)62)14-8-16-37(61)50-21-18-34(57-40(64)32(54-26(2)60)15-9-20-51-45(48)49)42(66)56-33(17-19-46)41(65)59-35(43(67)53-25)22-27-10-4-3-5-11-27;1-2-3-4-8-5(6)7/h3-7,10-13,24-25,31-36,52H,8-9,14-23,46H2,1-2H3,(H2,47,62)(H,50,61)(H,53,67)(H,54,60)(H,55,68)(H,56,66)(H,57,64)(H,58,63)(H,59,65)(H4,48,49,51);2-4H2,1H3,(H4,6,7,8)/t25?,31?,32-,33-,34?,35?,36-;/m0./s1. The van der Waals surface area contributed by atoms with E-state index in [-0.39, 0.29) is 89.3 Å². The third-order valence-corrected chi connectivity index (χ3v) is 11.9. The summed E-state index contributed by atoms with van der Waals surface area (Å²) in [6, 6.07) is 7.03. The summed E-state index contributed by atoms with van der Waals surface area (Å²) >= 11 is 0. The Kier molecular flexibility index (Phi) is 26.8. The fourth-order valence-corrected chi connectivity index (χ4v) is 7.84. The van der Waals surface area contributed by atoms with Crippen molar-refractivity contribution in [2.24, 2.45) is 44.4 Å². The molecule has 1 fully saturated rings. The van der Waals surface area contributed by atoms with Gasteiger partial charge in [-0.25, -0.2) is 0 Å². The zero-order chi connectivity index (χ0) is 56.2. The molecule has 0 radical (unpaired) electrons. The number of primary amides is 1. The molecule has 9 amide bonds.